The van der Waals surface area contributed by atoms with E-state index in [1.165, 1.54) is 35.5 Å². The second-order valence-electron chi connectivity index (χ2n) is 7.55. The maximum Gasteiger partial charge on any atom is 0.243 e. The summed E-state index contributed by atoms with van der Waals surface area (Å²) in [6.07, 6.45) is 1.78. The molecule has 1 amide bonds. The smallest absolute Gasteiger partial charge is 0.243 e. The minimum absolute atomic E-state index is 0.0175. The third-order valence-corrected chi connectivity index (χ3v) is 8.29. The van der Waals surface area contributed by atoms with Gasteiger partial charge < -0.3 is 5.32 Å². The maximum atomic E-state index is 12.9. The zero-order valence-corrected chi connectivity index (χ0v) is 18.9. The van der Waals surface area contributed by atoms with Gasteiger partial charge in [0.25, 0.3) is 0 Å². The van der Waals surface area contributed by atoms with Crippen LogP contribution < -0.4 is 5.32 Å². The summed E-state index contributed by atoms with van der Waals surface area (Å²) < 4.78 is 50.2. The van der Waals surface area contributed by atoms with Gasteiger partial charge in [0.15, 0.2) is 15.6 Å². The highest BCUT2D eigenvalue weighted by atomic mass is 32.2. The number of hydrogen-bond acceptors (Lipinski definition) is 6. The molecule has 0 aromatic heterocycles. The summed E-state index contributed by atoms with van der Waals surface area (Å²) in [5, 5.41) is 2.80. The van der Waals surface area contributed by atoms with Crippen LogP contribution in [0.2, 0.25) is 0 Å². The number of anilines is 1. The Morgan fingerprint density at radius 2 is 1.52 bits per heavy atom. The first-order valence-electron chi connectivity index (χ1n) is 9.70. The molecule has 10 heteroatoms. The fraction of sp³-hybridized carbons (Fsp3) is 0.333. The fourth-order valence-electron chi connectivity index (χ4n) is 3.43. The molecule has 0 bridgehead atoms. The highest BCUT2D eigenvalue weighted by Crippen LogP contribution is 2.26. The molecule has 8 nitrogen and oxygen atoms in total. The minimum Gasteiger partial charge on any atom is -0.326 e. The van der Waals surface area contributed by atoms with Gasteiger partial charge in [-0.05, 0) is 56.2 Å². The molecule has 1 heterocycles. The lowest BCUT2D eigenvalue weighted by atomic mass is 9.97. The Morgan fingerprint density at radius 3 is 2.06 bits per heavy atom. The van der Waals surface area contributed by atoms with Crippen LogP contribution in [0, 0.1) is 5.92 Å². The second kappa shape index (κ2) is 8.89. The molecule has 2 aromatic rings. The first kappa shape index (κ1) is 23.1. The Balaban J connectivity index is 1.63. The summed E-state index contributed by atoms with van der Waals surface area (Å²) in [6.45, 7) is 1.81. The number of piperidine rings is 1. The van der Waals surface area contributed by atoms with Crippen molar-refractivity contribution < 1.29 is 26.4 Å². The highest BCUT2D eigenvalue weighted by Gasteiger charge is 2.32. The molecule has 0 atom stereocenters. The number of rotatable bonds is 6. The summed E-state index contributed by atoms with van der Waals surface area (Å²) in [4.78, 5) is 24.1. The average molecular weight is 465 g/mol. The van der Waals surface area contributed by atoms with E-state index in [4.69, 9.17) is 0 Å². The molecule has 31 heavy (non-hydrogen) atoms. The molecule has 0 saturated carbocycles. The summed E-state index contributed by atoms with van der Waals surface area (Å²) in [5.74, 6) is -0.658. The van der Waals surface area contributed by atoms with E-state index in [0.717, 1.165) is 6.26 Å². The lowest BCUT2D eigenvalue weighted by Crippen LogP contribution is -2.41. The van der Waals surface area contributed by atoms with Gasteiger partial charge in [-0.3, -0.25) is 9.59 Å². The number of nitrogens with one attached hydrogen (secondary N) is 1. The van der Waals surface area contributed by atoms with Crippen molar-refractivity contribution >= 4 is 37.2 Å². The van der Waals surface area contributed by atoms with E-state index in [-0.39, 0.29) is 40.5 Å². The molecule has 0 radical (unpaired) electrons. The van der Waals surface area contributed by atoms with Crippen molar-refractivity contribution in [3.63, 3.8) is 0 Å². The van der Waals surface area contributed by atoms with Crippen LogP contribution in [0.3, 0.4) is 0 Å². The van der Waals surface area contributed by atoms with Gasteiger partial charge in [0.2, 0.25) is 15.9 Å². The normalized spacial score (nSPS) is 16.1. The lowest BCUT2D eigenvalue weighted by Gasteiger charge is -2.30. The van der Waals surface area contributed by atoms with Gasteiger partial charge in [0.1, 0.15) is 0 Å². The molecule has 3 rings (SSSR count). The molecule has 0 spiro atoms. The van der Waals surface area contributed by atoms with Crippen molar-refractivity contribution in [1.82, 2.24) is 4.31 Å². The summed E-state index contributed by atoms with van der Waals surface area (Å²) in [5.41, 5.74) is 1.03. The second-order valence-corrected chi connectivity index (χ2v) is 11.5. The van der Waals surface area contributed by atoms with E-state index >= 15 is 0 Å². The minimum atomic E-state index is -3.78. The fourth-order valence-corrected chi connectivity index (χ4v) is 5.53. The third-order valence-electron chi connectivity index (χ3n) is 5.25. The molecule has 1 N–H and O–H groups in total. The van der Waals surface area contributed by atoms with Crippen LogP contribution >= 0.6 is 0 Å². The van der Waals surface area contributed by atoms with Crippen molar-refractivity contribution in [1.29, 1.82) is 0 Å². The van der Waals surface area contributed by atoms with Crippen molar-refractivity contribution in [3.05, 3.63) is 54.1 Å². The Bertz CT molecular complexity index is 1200. The molecule has 2 aromatic carbocycles. The first-order chi connectivity index (χ1) is 14.5. The van der Waals surface area contributed by atoms with Gasteiger partial charge in [-0.15, -0.1) is 0 Å². The van der Waals surface area contributed by atoms with Crippen LogP contribution in [0.1, 0.15) is 30.1 Å². The van der Waals surface area contributed by atoms with E-state index in [1.54, 1.807) is 24.3 Å². The molecule has 1 fully saturated rings. The zero-order chi connectivity index (χ0) is 22.8. The summed E-state index contributed by atoms with van der Waals surface area (Å²) >= 11 is 0. The predicted molar refractivity (Wildman–Crippen MR) is 116 cm³/mol. The number of sulfonamides is 1. The van der Waals surface area contributed by atoms with Gasteiger partial charge in [-0.25, -0.2) is 16.8 Å². The van der Waals surface area contributed by atoms with E-state index < -0.39 is 19.9 Å². The van der Waals surface area contributed by atoms with Crippen molar-refractivity contribution in [2.24, 2.45) is 5.92 Å². The standard InChI is InChI=1S/C21H24N2O6S2/c1-15(24)17-4-3-5-18(14-17)22-21(25)16-10-12-23(13-11-16)31(28,29)20-8-6-19(7-9-20)30(2,26)27/h3-9,14,16H,10-13H2,1-2H3,(H,22,25). The SMILES string of the molecule is CC(=O)c1cccc(NC(=O)C2CCN(S(=O)(=O)c3ccc(S(C)(=O)=O)cc3)CC2)c1. The largest absolute Gasteiger partial charge is 0.326 e. The Labute approximate surface area is 182 Å². The number of carbonyl (C=O) groups is 2. The number of nitrogens with zero attached hydrogens (tertiary/aromatic N) is 1. The van der Waals surface area contributed by atoms with Gasteiger partial charge in [-0.2, -0.15) is 4.31 Å². The van der Waals surface area contributed by atoms with Crippen LogP contribution in [0.4, 0.5) is 5.69 Å². The van der Waals surface area contributed by atoms with Crippen molar-refractivity contribution in [2.45, 2.75) is 29.6 Å². The van der Waals surface area contributed by atoms with E-state index in [2.05, 4.69) is 5.32 Å². The topological polar surface area (TPSA) is 118 Å². The molecule has 0 aliphatic carbocycles. The van der Waals surface area contributed by atoms with E-state index in [0.29, 0.717) is 24.1 Å². The van der Waals surface area contributed by atoms with Crippen LogP contribution in [0.25, 0.3) is 0 Å². The number of ketones is 1. The van der Waals surface area contributed by atoms with Gasteiger partial charge in [-0.1, -0.05) is 12.1 Å². The van der Waals surface area contributed by atoms with Crippen molar-refractivity contribution in [2.75, 3.05) is 24.7 Å². The van der Waals surface area contributed by atoms with Gasteiger partial charge in [0.05, 0.1) is 9.79 Å². The van der Waals surface area contributed by atoms with Crippen LogP contribution in [-0.2, 0) is 24.7 Å². The Morgan fingerprint density at radius 1 is 0.935 bits per heavy atom. The first-order valence-corrected chi connectivity index (χ1v) is 13.0. The zero-order valence-electron chi connectivity index (χ0n) is 17.2. The van der Waals surface area contributed by atoms with E-state index in [1.807, 2.05) is 0 Å². The van der Waals surface area contributed by atoms with Crippen LogP contribution in [0.15, 0.2) is 58.3 Å². The molecule has 1 saturated heterocycles. The lowest BCUT2D eigenvalue weighted by molar-refractivity contribution is -0.120. The maximum absolute atomic E-state index is 12.9. The molecular weight excluding hydrogens is 440 g/mol. The number of Topliss-reactive ketones (excluding diaryl/α,β-unsaturated/α-hetero) is 1. The number of hydrogen-bond donors (Lipinski definition) is 1. The van der Waals surface area contributed by atoms with Crippen LogP contribution in [-0.4, -0.2) is 52.2 Å². The molecule has 0 unspecified atom stereocenters. The molecule has 1 aliphatic rings. The quantitative estimate of drug-likeness (QED) is 0.656. The monoisotopic (exact) mass is 464 g/mol. The van der Waals surface area contributed by atoms with Crippen molar-refractivity contribution in [3.8, 4) is 0 Å². The van der Waals surface area contributed by atoms with Gasteiger partial charge >= 0.3 is 0 Å². The number of sulfone groups is 1. The molecule has 166 valence electrons. The third kappa shape index (κ3) is 5.38. The summed E-state index contributed by atoms with van der Waals surface area (Å²) in [6, 6.07) is 11.8. The molecule has 1 aliphatic heterocycles. The number of benzene rings is 2. The number of carbonyl (C=O) groups excluding carboxylic acids is 2. The highest BCUT2D eigenvalue weighted by molar-refractivity contribution is 7.90. The van der Waals surface area contributed by atoms with E-state index in [9.17, 15) is 26.4 Å². The number of amides is 1. The Hall–Kier alpha value is -2.56. The van der Waals surface area contributed by atoms with Gasteiger partial charge in [0, 0.05) is 36.5 Å². The average Bonchev–Trinajstić information content (AvgIpc) is 2.73. The predicted octanol–water partition coefficient (Wildman–Crippen LogP) is 2.33. The van der Waals surface area contributed by atoms with Crippen LogP contribution in [0.5, 0.6) is 0 Å². The Kier molecular flexibility index (Phi) is 6.63. The molecular formula is C21H24N2O6S2. The summed E-state index contributed by atoms with van der Waals surface area (Å²) in [7, 11) is -7.19.